The van der Waals surface area contributed by atoms with Gasteiger partial charge in [-0.05, 0) is 39.0 Å². The van der Waals surface area contributed by atoms with Crippen LogP contribution in [0.25, 0.3) is 0 Å². The van der Waals surface area contributed by atoms with Gasteiger partial charge in [-0.25, -0.2) is 9.59 Å². The average molecular weight is 315 g/mol. The number of carbonyl (C=O) groups excluding carboxylic acids is 1. The van der Waals surface area contributed by atoms with Gasteiger partial charge in [-0.15, -0.1) is 0 Å². The average Bonchev–Trinajstić information content (AvgIpc) is 2.12. The molecule has 5 nitrogen and oxygen atoms in total. The lowest BCUT2D eigenvalue weighted by molar-refractivity contribution is 0.0696. The Balaban J connectivity index is 2.85. The Bertz CT molecular complexity index is 481. The molecule has 6 heteroatoms. The van der Waals surface area contributed by atoms with E-state index in [1.165, 1.54) is 12.1 Å². The monoisotopic (exact) mass is 314 g/mol. The molecule has 0 aliphatic heterocycles. The van der Waals surface area contributed by atoms with E-state index in [1.807, 2.05) is 20.8 Å². The minimum absolute atomic E-state index is 0.107. The number of urea groups is 1. The highest BCUT2D eigenvalue weighted by Crippen LogP contribution is 2.19. The molecule has 0 unspecified atom stereocenters. The SMILES string of the molecule is CC(C)(C)NC(=O)Nc1cc(Br)cc(C(=O)O)c1. The largest absolute Gasteiger partial charge is 0.478 e. The van der Waals surface area contributed by atoms with Gasteiger partial charge in [0.2, 0.25) is 0 Å². The number of aromatic carboxylic acids is 1. The van der Waals surface area contributed by atoms with Crippen LogP contribution in [-0.2, 0) is 0 Å². The zero-order valence-electron chi connectivity index (χ0n) is 10.4. The zero-order valence-corrected chi connectivity index (χ0v) is 12.0. The third-order valence-electron chi connectivity index (χ3n) is 1.89. The molecule has 0 saturated heterocycles. The number of amides is 2. The van der Waals surface area contributed by atoms with Crippen LogP contribution >= 0.6 is 15.9 Å². The van der Waals surface area contributed by atoms with Crippen molar-refractivity contribution in [2.75, 3.05) is 5.32 Å². The summed E-state index contributed by atoms with van der Waals surface area (Å²) in [7, 11) is 0. The molecule has 0 atom stereocenters. The summed E-state index contributed by atoms with van der Waals surface area (Å²) < 4.78 is 0.591. The first-order valence-corrected chi connectivity index (χ1v) is 6.10. The highest BCUT2D eigenvalue weighted by atomic mass is 79.9. The zero-order chi connectivity index (χ0) is 13.9. The third-order valence-corrected chi connectivity index (χ3v) is 2.35. The highest BCUT2D eigenvalue weighted by Gasteiger charge is 2.14. The Morgan fingerprint density at radius 3 is 2.33 bits per heavy atom. The van der Waals surface area contributed by atoms with Crippen LogP contribution in [0.5, 0.6) is 0 Å². The van der Waals surface area contributed by atoms with Crippen LogP contribution in [0.4, 0.5) is 10.5 Å². The Labute approximate surface area is 114 Å². The lowest BCUT2D eigenvalue weighted by Crippen LogP contribution is -2.43. The maximum atomic E-state index is 11.6. The minimum Gasteiger partial charge on any atom is -0.478 e. The maximum Gasteiger partial charge on any atom is 0.335 e. The highest BCUT2D eigenvalue weighted by molar-refractivity contribution is 9.10. The van der Waals surface area contributed by atoms with Crippen molar-refractivity contribution in [1.82, 2.24) is 5.32 Å². The molecule has 0 aliphatic rings. The van der Waals surface area contributed by atoms with Crippen molar-refractivity contribution in [1.29, 1.82) is 0 Å². The van der Waals surface area contributed by atoms with Crippen molar-refractivity contribution >= 4 is 33.6 Å². The molecule has 3 N–H and O–H groups in total. The van der Waals surface area contributed by atoms with E-state index < -0.39 is 5.97 Å². The molecular formula is C12H15BrN2O3. The number of halogens is 1. The predicted octanol–water partition coefficient (Wildman–Crippen LogP) is 3.07. The summed E-state index contributed by atoms with van der Waals surface area (Å²) in [6.07, 6.45) is 0. The second-order valence-electron chi connectivity index (χ2n) is 4.86. The summed E-state index contributed by atoms with van der Waals surface area (Å²) in [5, 5.41) is 14.2. The van der Waals surface area contributed by atoms with E-state index in [2.05, 4.69) is 26.6 Å². The van der Waals surface area contributed by atoms with E-state index in [0.717, 1.165) is 0 Å². The molecule has 0 bridgehead atoms. The smallest absolute Gasteiger partial charge is 0.335 e. The van der Waals surface area contributed by atoms with Gasteiger partial charge >= 0.3 is 12.0 Å². The Hall–Kier alpha value is -1.56. The molecule has 98 valence electrons. The topological polar surface area (TPSA) is 78.4 Å². The van der Waals surface area contributed by atoms with E-state index in [0.29, 0.717) is 10.2 Å². The lowest BCUT2D eigenvalue weighted by Gasteiger charge is -2.20. The van der Waals surface area contributed by atoms with E-state index in [9.17, 15) is 9.59 Å². The fourth-order valence-corrected chi connectivity index (χ4v) is 1.78. The van der Waals surface area contributed by atoms with Crippen molar-refractivity contribution < 1.29 is 14.7 Å². The second-order valence-corrected chi connectivity index (χ2v) is 5.78. The van der Waals surface area contributed by atoms with Crippen LogP contribution in [0.2, 0.25) is 0 Å². The molecule has 2 amide bonds. The van der Waals surface area contributed by atoms with E-state index >= 15 is 0 Å². The second kappa shape index (κ2) is 5.39. The molecule has 0 radical (unpaired) electrons. The van der Waals surface area contributed by atoms with E-state index in [1.54, 1.807) is 6.07 Å². The number of benzene rings is 1. The van der Waals surface area contributed by atoms with Crippen LogP contribution in [0.1, 0.15) is 31.1 Å². The Morgan fingerprint density at radius 1 is 1.22 bits per heavy atom. The van der Waals surface area contributed by atoms with Crippen LogP contribution in [0, 0.1) is 0 Å². The van der Waals surface area contributed by atoms with Crippen LogP contribution < -0.4 is 10.6 Å². The Kier molecular flexibility index (Phi) is 4.34. The molecule has 1 aromatic rings. The Morgan fingerprint density at radius 2 is 1.83 bits per heavy atom. The van der Waals surface area contributed by atoms with Gasteiger partial charge in [-0.3, -0.25) is 0 Å². The maximum absolute atomic E-state index is 11.6. The third kappa shape index (κ3) is 4.75. The van der Waals surface area contributed by atoms with Gasteiger partial charge in [0.05, 0.1) is 5.56 Å². The predicted molar refractivity (Wildman–Crippen MR) is 73.0 cm³/mol. The lowest BCUT2D eigenvalue weighted by atomic mass is 10.1. The van der Waals surface area contributed by atoms with Crippen LogP contribution in [0.15, 0.2) is 22.7 Å². The molecule has 0 saturated carbocycles. The van der Waals surface area contributed by atoms with Crippen molar-refractivity contribution in [2.24, 2.45) is 0 Å². The van der Waals surface area contributed by atoms with E-state index in [-0.39, 0.29) is 17.1 Å². The number of carbonyl (C=O) groups is 2. The van der Waals surface area contributed by atoms with Gasteiger partial charge < -0.3 is 15.7 Å². The summed E-state index contributed by atoms with van der Waals surface area (Å²) in [4.78, 5) is 22.5. The number of anilines is 1. The first-order chi connectivity index (χ1) is 8.17. The van der Waals surface area contributed by atoms with Gasteiger partial charge in [0.25, 0.3) is 0 Å². The summed E-state index contributed by atoms with van der Waals surface area (Å²) in [5.74, 6) is -1.05. The van der Waals surface area contributed by atoms with Gasteiger partial charge in [-0.2, -0.15) is 0 Å². The molecular weight excluding hydrogens is 300 g/mol. The van der Waals surface area contributed by atoms with Gasteiger partial charge in [0, 0.05) is 15.7 Å². The summed E-state index contributed by atoms with van der Waals surface area (Å²) >= 11 is 3.20. The number of rotatable bonds is 2. The minimum atomic E-state index is -1.05. The van der Waals surface area contributed by atoms with Gasteiger partial charge in [0.15, 0.2) is 0 Å². The molecule has 18 heavy (non-hydrogen) atoms. The molecule has 0 spiro atoms. The van der Waals surface area contributed by atoms with Gasteiger partial charge in [-0.1, -0.05) is 15.9 Å². The summed E-state index contributed by atoms with van der Waals surface area (Å²) in [5.41, 5.74) is 0.171. The number of hydrogen-bond donors (Lipinski definition) is 3. The fraction of sp³-hybridized carbons (Fsp3) is 0.333. The standard InChI is InChI=1S/C12H15BrN2O3/c1-12(2,3)15-11(18)14-9-5-7(10(16)17)4-8(13)6-9/h4-6H,1-3H3,(H,16,17)(H2,14,15,18). The molecule has 0 aliphatic carbocycles. The number of carboxylic acids is 1. The molecule has 0 aromatic heterocycles. The molecule has 1 rings (SSSR count). The van der Waals surface area contributed by atoms with Crippen LogP contribution in [-0.4, -0.2) is 22.6 Å². The number of hydrogen-bond acceptors (Lipinski definition) is 2. The van der Waals surface area contributed by atoms with Crippen LogP contribution in [0.3, 0.4) is 0 Å². The first kappa shape index (κ1) is 14.5. The number of carboxylic acid groups (broad SMARTS) is 1. The first-order valence-electron chi connectivity index (χ1n) is 5.30. The van der Waals surface area contributed by atoms with Crippen molar-refractivity contribution in [3.63, 3.8) is 0 Å². The summed E-state index contributed by atoms with van der Waals surface area (Å²) in [6, 6.07) is 4.12. The van der Waals surface area contributed by atoms with Crippen molar-refractivity contribution in [2.45, 2.75) is 26.3 Å². The molecule has 0 fully saturated rings. The molecule has 1 aromatic carbocycles. The van der Waals surface area contributed by atoms with Gasteiger partial charge in [0.1, 0.15) is 0 Å². The van der Waals surface area contributed by atoms with E-state index in [4.69, 9.17) is 5.11 Å². The van der Waals surface area contributed by atoms with Crippen molar-refractivity contribution in [3.8, 4) is 0 Å². The van der Waals surface area contributed by atoms with Crippen molar-refractivity contribution in [3.05, 3.63) is 28.2 Å². The summed E-state index contributed by atoms with van der Waals surface area (Å²) in [6.45, 7) is 5.57. The normalized spacial score (nSPS) is 10.9. The molecule has 0 heterocycles. The quantitative estimate of drug-likeness (QED) is 0.785. The number of nitrogens with one attached hydrogen (secondary N) is 2. The fourth-order valence-electron chi connectivity index (χ4n) is 1.29.